The summed E-state index contributed by atoms with van der Waals surface area (Å²) in [7, 11) is 0. The summed E-state index contributed by atoms with van der Waals surface area (Å²) < 4.78 is 12.9. The molecular formula is C23H25N5O3. The molecular weight excluding hydrogens is 394 g/mol. The first kappa shape index (κ1) is 20.6. The van der Waals surface area contributed by atoms with Gasteiger partial charge in [0.1, 0.15) is 5.76 Å². The van der Waals surface area contributed by atoms with Crippen molar-refractivity contribution in [2.75, 3.05) is 5.32 Å². The Balaban J connectivity index is 1.34. The van der Waals surface area contributed by atoms with Crippen LogP contribution < -0.4 is 5.32 Å². The van der Waals surface area contributed by atoms with Crippen LogP contribution in [0.25, 0.3) is 11.5 Å². The Bertz CT molecular complexity index is 1170. The number of carbonyl (C=O) groups excluding carboxylic acids is 1. The third kappa shape index (κ3) is 4.74. The summed E-state index contributed by atoms with van der Waals surface area (Å²) in [4.78, 5) is 12.5. The maximum Gasteiger partial charge on any atom is 0.251 e. The monoisotopic (exact) mass is 419 g/mol. The molecule has 1 N–H and O–H groups in total. The van der Waals surface area contributed by atoms with Crippen molar-refractivity contribution in [2.24, 2.45) is 0 Å². The molecule has 0 aliphatic heterocycles. The lowest BCUT2D eigenvalue weighted by molar-refractivity contribution is -0.116. The number of aromatic nitrogens is 4. The molecule has 0 saturated heterocycles. The fourth-order valence-electron chi connectivity index (χ4n) is 3.47. The molecule has 0 atom stereocenters. The standard InChI is InChI=1S/C23H25N5O3/c1-15-22(16(2)28(27-15)13-11-18-7-5-4-6-8-18)24-20(29)9-10-21-25-26-23(31-21)19-12-14-30-17(19)3/h4-8,12,14H,9-11,13H2,1-3H3,(H,24,29). The van der Waals surface area contributed by atoms with Gasteiger partial charge in [0, 0.05) is 19.4 Å². The normalized spacial score (nSPS) is 11.1. The molecule has 0 saturated carbocycles. The quantitative estimate of drug-likeness (QED) is 0.458. The number of nitrogens with one attached hydrogen (secondary N) is 1. The van der Waals surface area contributed by atoms with Gasteiger partial charge in [-0.3, -0.25) is 9.48 Å². The number of aryl methyl sites for hydroxylation is 5. The summed E-state index contributed by atoms with van der Waals surface area (Å²) in [5.74, 6) is 1.40. The largest absolute Gasteiger partial charge is 0.469 e. The van der Waals surface area contributed by atoms with E-state index < -0.39 is 0 Å². The van der Waals surface area contributed by atoms with E-state index in [-0.39, 0.29) is 12.3 Å². The van der Waals surface area contributed by atoms with Crippen molar-refractivity contribution in [1.82, 2.24) is 20.0 Å². The van der Waals surface area contributed by atoms with Gasteiger partial charge in [0.15, 0.2) is 0 Å². The molecule has 0 fully saturated rings. The molecule has 0 radical (unpaired) electrons. The molecule has 3 heterocycles. The summed E-state index contributed by atoms with van der Waals surface area (Å²) >= 11 is 0. The van der Waals surface area contributed by atoms with Crippen LogP contribution in [0.4, 0.5) is 5.69 Å². The number of amides is 1. The molecule has 1 amide bonds. The number of hydrogen-bond donors (Lipinski definition) is 1. The second kappa shape index (κ2) is 8.99. The molecule has 31 heavy (non-hydrogen) atoms. The van der Waals surface area contributed by atoms with E-state index in [2.05, 4.69) is 32.7 Å². The lowest BCUT2D eigenvalue weighted by atomic mass is 10.1. The Morgan fingerprint density at radius 2 is 1.87 bits per heavy atom. The van der Waals surface area contributed by atoms with E-state index in [9.17, 15) is 4.79 Å². The molecule has 8 heteroatoms. The highest BCUT2D eigenvalue weighted by atomic mass is 16.4. The molecule has 0 aliphatic rings. The van der Waals surface area contributed by atoms with E-state index in [4.69, 9.17) is 8.83 Å². The Kier molecular flexibility index (Phi) is 5.97. The summed E-state index contributed by atoms with van der Waals surface area (Å²) in [5.41, 5.74) is 4.52. The smallest absolute Gasteiger partial charge is 0.251 e. The average molecular weight is 419 g/mol. The number of anilines is 1. The maximum absolute atomic E-state index is 12.5. The number of carbonyl (C=O) groups is 1. The van der Waals surface area contributed by atoms with E-state index >= 15 is 0 Å². The van der Waals surface area contributed by atoms with E-state index in [1.165, 1.54) is 5.56 Å². The molecule has 0 spiro atoms. The summed E-state index contributed by atoms with van der Waals surface area (Å²) in [5, 5.41) is 15.6. The van der Waals surface area contributed by atoms with Crippen molar-refractivity contribution in [3.8, 4) is 11.5 Å². The molecule has 0 bridgehead atoms. The lowest BCUT2D eigenvalue weighted by Gasteiger charge is -2.07. The highest BCUT2D eigenvalue weighted by molar-refractivity contribution is 5.91. The SMILES string of the molecule is Cc1nn(CCc2ccccc2)c(C)c1NC(=O)CCc1nnc(-c2ccoc2C)o1. The van der Waals surface area contributed by atoms with Crippen molar-refractivity contribution >= 4 is 11.6 Å². The van der Waals surface area contributed by atoms with E-state index in [1.54, 1.807) is 12.3 Å². The van der Waals surface area contributed by atoms with Gasteiger partial charge in [0.25, 0.3) is 5.89 Å². The fraction of sp³-hybridized carbons (Fsp3) is 0.304. The minimum absolute atomic E-state index is 0.118. The lowest BCUT2D eigenvalue weighted by Crippen LogP contribution is -2.14. The van der Waals surface area contributed by atoms with Gasteiger partial charge in [-0.2, -0.15) is 5.10 Å². The molecule has 8 nitrogen and oxygen atoms in total. The molecule has 0 aliphatic carbocycles. The average Bonchev–Trinajstić information content (AvgIpc) is 3.47. The number of furan rings is 1. The van der Waals surface area contributed by atoms with Gasteiger partial charge in [-0.15, -0.1) is 10.2 Å². The predicted octanol–water partition coefficient (Wildman–Crippen LogP) is 4.27. The van der Waals surface area contributed by atoms with Gasteiger partial charge in [0.05, 0.1) is 28.9 Å². The van der Waals surface area contributed by atoms with Gasteiger partial charge in [-0.05, 0) is 38.8 Å². The fourth-order valence-corrected chi connectivity index (χ4v) is 3.47. The minimum atomic E-state index is -0.118. The molecule has 3 aromatic heterocycles. The Labute approximate surface area is 180 Å². The first-order valence-corrected chi connectivity index (χ1v) is 10.3. The molecule has 1 aromatic carbocycles. The van der Waals surface area contributed by atoms with Crippen molar-refractivity contribution < 1.29 is 13.6 Å². The second-order valence-corrected chi connectivity index (χ2v) is 7.44. The number of rotatable bonds is 8. The van der Waals surface area contributed by atoms with E-state index in [0.29, 0.717) is 24.0 Å². The highest BCUT2D eigenvalue weighted by Crippen LogP contribution is 2.23. The number of hydrogen-bond acceptors (Lipinski definition) is 6. The van der Waals surface area contributed by atoms with Crippen LogP contribution in [-0.2, 0) is 24.2 Å². The third-order valence-corrected chi connectivity index (χ3v) is 5.22. The Hall–Kier alpha value is -3.68. The van der Waals surface area contributed by atoms with Crippen LogP contribution >= 0.6 is 0 Å². The zero-order valence-corrected chi connectivity index (χ0v) is 17.9. The summed E-state index contributed by atoms with van der Waals surface area (Å²) in [6, 6.07) is 12.1. The molecule has 4 rings (SSSR count). The van der Waals surface area contributed by atoms with Gasteiger partial charge < -0.3 is 14.2 Å². The Morgan fingerprint density at radius 1 is 1.06 bits per heavy atom. The van der Waals surface area contributed by atoms with Crippen molar-refractivity contribution in [1.29, 1.82) is 0 Å². The summed E-state index contributed by atoms with van der Waals surface area (Å²) in [6.07, 6.45) is 3.05. The third-order valence-electron chi connectivity index (χ3n) is 5.22. The molecule has 4 aromatic rings. The Morgan fingerprint density at radius 3 is 2.61 bits per heavy atom. The van der Waals surface area contributed by atoms with Gasteiger partial charge >= 0.3 is 0 Å². The van der Waals surface area contributed by atoms with Crippen molar-refractivity contribution in [2.45, 2.75) is 46.6 Å². The molecule has 160 valence electrons. The predicted molar refractivity (Wildman–Crippen MR) is 116 cm³/mol. The van der Waals surface area contributed by atoms with Crippen molar-refractivity contribution in [3.63, 3.8) is 0 Å². The zero-order chi connectivity index (χ0) is 21.8. The maximum atomic E-state index is 12.5. The molecule has 0 unspecified atom stereocenters. The van der Waals surface area contributed by atoms with Crippen LogP contribution in [0.2, 0.25) is 0 Å². The number of nitrogens with zero attached hydrogens (tertiary/aromatic N) is 4. The first-order chi connectivity index (χ1) is 15.0. The highest BCUT2D eigenvalue weighted by Gasteiger charge is 2.16. The summed E-state index contributed by atoms with van der Waals surface area (Å²) in [6.45, 7) is 6.46. The van der Waals surface area contributed by atoms with E-state index in [0.717, 1.165) is 35.6 Å². The van der Waals surface area contributed by atoms with Gasteiger partial charge in [-0.1, -0.05) is 30.3 Å². The second-order valence-electron chi connectivity index (χ2n) is 7.44. The van der Waals surface area contributed by atoms with Gasteiger partial charge in [-0.25, -0.2) is 0 Å². The topological polar surface area (TPSA) is 99.0 Å². The number of benzene rings is 1. The van der Waals surface area contributed by atoms with Crippen LogP contribution in [0.15, 0.2) is 51.5 Å². The zero-order valence-electron chi connectivity index (χ0n) is 17.9. The van der Waals surface area contributed by atoms with Crippen LogP contribution in [0.5, 0.6) is 0 Å². The van der Waals surface area contributed by atoms with E-state index in [1.807, 2.05) is 43.7 Å². The van der Waals surface area contributed by atoms with Crippen LogP contribution in [-0.4, -0.2) is 25.9 Å². The minimum Gasteiger partial charge on any atom is -0.469 e. The first-order valence-electron chi connectivity index (χ1n) is 10.3. The van der Waals surface area contributed by atoms with Crippen molar-refractivity contribution in [3.05, 3.63) is 71.3 Å². The van der Waals surface area contributed by atoms with Crippen LogP contribution in [0, 0.1) is 20.8 Å². The van der Waals surface area contributed by atoms with Crippen LogP contribution in [0.1, 0.15) is 35.0 Å². The van der Waals surface area contributed by atoms with Crippen LogP contribution in [0.3, 0.4) is 0 Å². The van der Waals surface area contributed by atoms with Gasteiger partial charge in [0.2, 0.25) is 11.8 Å².